The van der Waals surface area contributed by atoms with E-state index in [4.69, 9.17) is 5.41 Å². The number of amides is 1. The van der Waals surface area contributed by atoms with Crippen molar-refractivity contribution in [2.45, 2.75) is 32.2 Å². The molecule has 1 aliphatic heterocycles. The van der Waals surface area contributed by atoms with Gasteiger partial charge in [0.2, 0.25) is 0 Å². The lowest BCUT2D eigenvalue weighted by Gasteiger charge is -2.21. The van der Waals surface area contributed by atoms with Crippen LogP contribution in [0.3, 0.4) is 0 Å². The van der Waals surface area contributed by atoms with E-state index in [0.717, 1.165) is 31.4 Å². The predicted molar refractivity (Wildman–Crippen MR) is 76.6 cm³/mol. The second-order valence-electron chi connectivity index (χ2n) is 5.07. The van der Waals surface area contributed by atoms with Crippen molar-refractivity contribution in [3.63, 3.8) is 0 Å². The number of carbonyl (C=O) groups excluding carboxylic acids is 1. The van der Waals surface area contributed by atoms with Gasteiger partial charge in [-0.3, -0.25) is 10.2 Å². The molecule has 1 atom stereocenters. The molecular weight excluding hydrogens is 238 g/mol. The lowest BCUT2D eigenvalue weighted by molar-refractivity contribution is 0.0951. The van der Waals surface area contributed by atoms with Crippen molar-refractivity contribution in [2.24, 2.45) is 0 Å². The second-order valence-corrected chi connectivity index (χ2v) is 5.07. The summed E-state index contributed by atoms with van der Waals surface area (Å²) < 4.78 is 0. The topological polar surface area (TPSA) is 56.2 Å². The molecular formula is C15H21N3O. The largest absolute Gasteiger partial charge is 0.360 e. The third-order valence-electron chi connectivity index (χ3n) is 3.67. The van der Waals surface area contributed by atoms with Gasteiger partial charge in [0.25, 0.3) is 5.91 Å². The fourth-order valence-electron chi connectivity index (χ4n) is 2.50. The Bertz CT molecular complexity index is 441. The highest BCUT2D eigenvalue weighted by Gasteiger charge is 2.21. The number of rotatable bonds is 5. The van der Waals surface area contributed by atoms with Gasteiger partial charge in [0.05, 0.1) is 6.34 Å². The zero-order valence-electron chi connectivity index (χ0n) is 11.4. The minimum atomic E-state index is -0.0144. The molecule has 1 aromatic carbocycles. The van der Waals surface area contributed by atoms with Gasteiger partial charge in [-0.05, 0) is 38.3 Å². The molecule has 0 aliphatic carbocycles. The summed E-state index contributed by atoms with van der Waals surface area (Å²) in [5, 5.41) is 10.3. The maximum absolute atomic E-state index is 11.9. The van der Waals surface area contributed by atoms with Crippen LogP contribution in [0.25, 0.3) is 0 Å². The Balaban J connectivity index is 1.77. The maximum Gasteiger partial charge on any atom is 0.251 e. The molecule has 1 fully saturated rings. The smallest absolute Gasteiger partial charge is 0.251 e. The third kappa shape index (κ3) is 3.56. The number of benzene rings is 1. The summed E-state index contributed by atoms with van der Waals surface area (Å²) in [6.45, 7) is 3.65. The Kier molecular flexibility index (Phi) is 4.55. The molecule has 0 spiro atoms. The van der Waals surface area contributed by atoms with E-state index in [1.165, 1.54) is 6.34 Å². The normalized spacial score (nSPS) is 18.4. The summed E-state index contributed by atoms with van der Waals surface area (Å²) in [6.07, 6.45) is 4.59. The van der Waals surface area contributed by atoms with Crippen LogP contribution >= 0.6 is 0 Å². The summed E-state index contributed by atoms with van der Waals surface area (Å²) in [4.78, 5) is 14.0. The van der Waals surface area contributed by atoms with E-state index in [9.17, 15) is 4.79 Å². The SMILES string of the molecule is Cc1ccc(C(=O)NCCC2CCCN2C=N)cc1. The summed E-state index contributed by atoms with van der Waals surface area (Å²) >= 11 is 0. The minimum absolute atomic E-state index is 0.0144. The van der Waals surface area contributed by atoms with Gasteiger partial charge in [-0.15, -0.1) is 0 Å². The molecule has 1 heterocycles. The molecule has 0 radical (unpaired) electrons. The lowest BCUT2D eigenvalue weighted by Crippen LogP contribution is -2.33. The molecule has 4 nitrogen and oxygen atoms in total. The number of hydrogen-bond donors (Lipinski definition) is 2. The van der Waals surface area contributed by atoms with Crippen LogP contribution in [0, 0.1) is 12.3 Å². The molecule has 1 saturated heterocycles. The van der Waals surface area contributed by atoms with E-state index < -0.39 is 0 Å². The van der Waals surface area contributed by atoms with E-state index in [1.807, 2.05) is 31.2 Å². The summed E-state index contributed by atoms with van der Waals surface area (Å²) in [5.74, 6) is -0.0144. The standard InChI is InChI=1S/C15H21N3O/c1-12-4-6-13(7-5-12)15(19)17-9-8-14-3-2-10-18(14)11-16/h4-7,11,14,16H,2-3,8-10H2,1H3,(H,17,19). The quantitative estimate of drug-likeness (QED) is 0.629. The predicted octanol–water partition coefficient (Wildman–Crippen LogP) is 2.19. The molecule has 102 valence electrons. The van der Waals surface area contributed by atoms with Gasteiger partial charge in [-0.2, -0.15) is 0 Å². The van der Waals surface area contributed by atoms with Gasteiger partial charge in [0.1, 0.15) is 0 Å². The van der Waals surface area contributed by atoms with Crippen molar-refractivity contribution in [1.82, 2.24) is 10.2 Å². The van der Waals surface area contributed by atoms with E-state index in [2.05, 4.69) is 10.2 Å². The van der Waals surface area contributed by atoms with Crippen LogP contribution in [-0.4, -0.2) is 36.3 Å². The first-order valence-corrected chi connectivity index (χ1v) is 6.82. The fourth-order valence-corrected chi connectivity index (χ4v) is 2.50. The van der Waals surface area contributed by atoms with Crippen LogP contribution in [0.4, 0.5) is 0 Å². The molecule has 2 rings (SSSR count). The lowest BCUT2D eigenvalue weighted by atomic mass is 10.1. The fraction of sp³-hybridized carbons (Fsp3) is 0.467. The maximum atomic E-state index is 11.9. The Labute approximate surface area is 114 Å². The van der Waals surface area contributed by atoms with Crippen LogP contribution in [0.2, 0.25) is 0 Å². The van der Waals surface area contributed by atoms with Crippen molar-refractivity contribution in [2.75, 3.05) is 13.1 Å². The van der Waals surface area contributed by atoms with Gasteiger partial charge >= 0.3 is 0 Å². The molecule has 0 aromatic heterocycles. The Morgan fingerprint density at radius 1 is 1.47 bits per heavy atom. The van der Waals surface area contributed by atoms with Gasteiger partial charge in [0, 0.05) is 24.7 Å². The Morgan fingerprint density at radius 2 is 2.21 bits per heavy atom. The second kappa shape index (κ2) is 6.36. The average Bonchev–Trinajstić information content (AvgIpc) is 2.87. The van der Waals surface area contributed by atoms with Gasteiger partial charge in [-0.1, -0.05) is 17.7 Å². The molecule has 19 heavy (non-hydrogen) atoms. The molecule has 0 saturated carbocycles. The van der Waals surface area contributed by atoms with E-state index >= 15 is 0 Å². The molecule has 1 aliphatic rings. The van der Waals surface area contributed by atoms with Crippen molar-refractivity contribution >= 4 is 12.2 Å². The molecule has 2 N–H and O–H groups in total. The Morgan fingerprint density at radius 3 is 2.89 bits per heavy atom. The number of nitrogens with zero attached hydrogens (tertiary/aromatic N) is 1. The first-order chi connectivity index (χ1) is 9.20. The van der Waals surface area contributed by atoms with Gasteiger partial charge < -0.3 is 10.2 Å². The van der Waals surface area contributed by atoms with Crippen LogP contribution in [0.1, 0.15) is 35.2 Å². The van der Waals surface area contributed by atoms with Crippen molar-refractivity contribution in [3.05, 3.63) is 35.4 Å². The van der Waals surface area contributed by atoms with Crippen molar-refractivity contribution in [1.29, 1.82) is 5.41 Å². The molecule has 1 aromatic rings. The average molecular weight is 259 g/mol. The first kappa shape index (κ1) is 13.6. The van der Waals surface area contributed by atoms with Crippen molar-refractivity contribution in [3.8, 4) is 0 Å². The number of hydrogen-bond acceptors (Lipinski definition) is 2. The summed E-state index contributed by atoms with van der Waals surface area (Å²) in [7, 11) is 0. The van der Waals surface area contributed by atoms with Gasteiger partial charge in [0.15, 0.2) is 0 Å². The molecule has 4 heteroatoms. The monoisotopic (exact) mass is 259 g/mol. The van der Waals surface area contributed by atoms with Crippen LogP contribution in [-0.2, 0) is 0 Å². The van der Waals surface area contributed by atoms with Gasteiger partial charge in [-0.25, -0.2) is 0 Å². The molecule has 1 unspecified atom stereocenters. The number of nitrogens with one attached hydrogen (secondary N) is 2. The zero-order valence-corrected chi connectivity index (χ0v) is 11.4. The van der Waals surface area contributed by atoms with Crippen LogP contribution < -0.4 is 5.32 Å². The highest BCUT2D eigenvalue weighted by atomic mass is 16.1. The minimum Gasteiger partial charge on any atom is -0.360 e. The number of aryl methyl sites for hydroxylation is 1. The first-order valence-electron chi connectivity index (χ1n) is 6.82. The molecule has 1 amide bonds. The van der Waals surface area contributed by atoms with Crippen LogP contribution in [0.15, 0.2) is 24.3 Å². The highest BCUT2D eigenvalue weighted by molar-refractivity contribution is 5.94. The van der Waals surface area contributed by atoms with E-state index in [1.54, 1.807) is 0 Å². The Hall–Kier alpha value is -1.84. The van der Waals surface area contributed by atoms with Crippen LogP contribution in [0.5, 0.6) is 0 Å². The number of carbonyl (C=O) groups is 1. The third-order valence-corrected chi connectivity index (χ3v) is 3.67. The summed E-state index contributed by atoms with van der Waals surface area (Å²) in [6, 6.07) is 8.01. The van der Waals surface area contributed by atoms with E-state index in [-0.39, 0.29) is 5.91 Å². The molecule has 0 bridgehead atoms. The zero-order chi connectivity index (χ0) is 13.7. The van der Waals surface area contributed by atoms with E-state index in [0.29, 0.717) is 18.2 Å². The number of likely N-dealkylation sites (tertiary alicyclic amines) is 1. The highest BCUT2D eigenvalue weighted by Crippen LogP contribution is 2.17. The summed E-state index contributed by atoms with van der Waals surface area (Å²) in [5.41, 5.74) is 1.87. The van der Waals surface area contributed by atoms with Crippen molar-refractivity contribution < 1.29 is 4.79 Å².